The highest BCUT2D eigenvalue weighted by Crippen LogP contribution is 2.20. The fraction of sp³-hybridized carbons (Fsp3) is 0.583. The largest absolute Gasteiger partial charge is 0.354 e. The molecule has 1 aliphatic heterocycles. The smallest absolute Gasteiger partial charge is 0.239 e. The zero-order valence-electron chi connectivity index (χ0n) is 10.6. The van der Waals surface area contributed by atoms with Crippen LogP contribution in [0.5, 0.6) is 0 Å². The van der Waals surface area contributed by atoms with E-state index in [9.17, 15) is 4.79 Å². The minimum Gasteiger partial charge on any atom is -0.354 e. The maximum absolute atomic E-state index is 11.6. The van der Waals surface area contributed by atoms with Crippen LogP contribution in [0.1, 0.15) is 32.0 Å². The minimum atomic E-state index is 0.0494. The molecule has 1 saturated heterocycles. The first-order valence-corrected chi connectivity index (χ1v) is 6.91. The lowest BCUT2D eigenvalue weighted by molar-refractivity contribution is -0.119. The van der Waals surface area contributed by atoms with Crippen LogP contribution in [-0.4, -0.2) is 35.5 Å². The predicted octanol–water partition coefficient (Wildman–Crippen LogP) is 1.69. The van der Waals surface area contributed by atoms with Crippen molar-refractivity contribution in [3.63, 3.8) is 0 Å². The quantitative estimate of drug-likeness (QED) is 0.844. The van der Waals surface area contributed by atoms with Crippen molar-refractivity contribution in [1.29, 1.82) is 0 Å². The summed E-state index contributed by atoms with van der Waals surface area (Å²) < 4.78 is 0.765. The molecule has 5 nitrogen and oxygen atoms in total. The molecule has 0 aliphatic carbocycles. The lowest BCUT2D eigenvalue weighted by Crippen LogP contribution is -2.33. The van der Waals surface area contributed by atoms with Gasteiger partial charge in [-0.15, -0.1) is 0 Å². The van der Waals surface area contributed by atoms with Gasteiger partial charge in [-0.25, -0.2) is 9.97 Å². The number of carbonyl (C=O) groups is 1. The maximum Gasteiger partial charge on any atom is 0.239 e. The van der Waals surface area contributed by atoms with E-state index in [0.29, 0.717) is 6.54 Å². The number of halogens is 1. The van der Waals surface area contributed by atoms with E-state index < -0.39 is 0 Å². The van der Waals surface area contributed by atoms with E-state index in [2.05, 4.69) is 45.1 Å². The molecule has 6 heteroatoms. The van der Waals surface area contributed by atoms with Crippen molar-refractivity contribution < 1.29 is 4.79 Å². The van der Waals surface area contributed by atoms with Crippen molar-refractivity contribution in [3.8, 4) is 0 Å². The van der Waals surface area contributed by atoms with Crippen LogP contribution in [0.15, 0.2) is 10.7 Å². The van der Waals surface area contributed by atoms with E-state index in [4.69, 9.17) is 0 Å². The molecule has 18 heavy (non-hydrogen) atoms. The van der Waals surface area contributed by atoms with Gasteiger partial charge in [-0.3, -0.25) is 4.79 Å². The summed E-state index contributed by atoms with van der Waals surface area (Å²) >= 11 is 3.40. The first-order chi connectivity index (χ1) is 8.56. The van der Waals surface area contributed by atoms with Crippen LogP contribution in [-0.2, 0) is 4.79 Å². The van der Waals surface area contributed by atoms with Gasteiger partial charge in [-0.2, -0.15) is 0 Å². The van der Waals surface area contributed by atoms with Crippen molar-refractivity contribution >= 4 is 27.7 Å². The Balaban J connectivity index is 2.28. The number of rotatable bonds is 2. The fourth-order valence-corrected chi connectivity index (χ4v) is 2.23. The van der Waals surface area contributed by atoms with Crippen molar-refractivity contribution in [2.24, 2.45) is 0 Å². The van der Waals surface area contributed by atoms with E-state index in [1.807, 2.05) is 11.0 Å². The number of hydrogen-bond acceptors (Lipinski definition) is 4. The molecular formula is C12H17BrN4O. The van der Waals surface area contributed by atoms with Gasteiger partial charge in [0.15, 0.2) is 0 Å². The van der Waals surface area contributed by atoms with Crippen molar-refractivity contribution in [2.45, 2.75) is 26.2 Å². The summed E-state index contributed by atoms with van der Waals surface area (Å²) in [5.74, 6) is 1.93. The summed E-state index contributed by atoms with van der Waals surface area (Å²) in [6, 6.07) is 1.87. The summed E-state index contributed by atoms with van der Waals surface area (Å²) in [5, 5.41) is 2.86. The Kier molecular flexibility index (Phi) is 4.16. The molecule has 1 fully saturated rings. The predicted molar refractivity (Wildman–Crippen MR) is 73.7 cm³/mol. The number of carbonyl (C=O) groups excluding carboxylic acids is 1. The van der Waals surface area contributed by atoms with Crippen LogP contribution in [0.4, 0.5) is 5.82 Å². The van der Waals surface area contributed by atoms with Crippen molar-refractivity contribution in [2.75, 3.05) is 24.5 Å². The molecule has 2 heterocycles. The number of anilines is 1. The van der Waals surface area contributed by atoms with Gasteiger partial charge in [-0.05, 0) is 22.4 Å². The summed E-state index contributed by atoms with van der Waals surface area (Å²) in [7, 11) is 0. The highest BCUT2D eigenvalue weighted by Gasteiger charge is 2.18. The van der Waals surface area contributed by atoms with Gasteiger partial charge in [0.05, 0.1) is 6.54 Å². The van der Waals surface area contributed by atoms with E-state index in [1.165, 1.54) is 0 Å². The molecule has 1 aromatic heterocycles. The number of nitrogens with one attached hydrogen (secondary N) is 1. The Bertz CT molecular complexity index is 450. The zero-order valence-corrected chi connectivity index (χ0v) is 12.2. The number of nitrogens with zero attached hydrogens (tertiary/aromatic N) is 3. The van der Waals surface area contributed by atoms with Gasteiger partial charge in [0, 0.05) is 25.1 Å². The molecule has 0 unspecified atom stereocenters. The van der Waals surface area contributed by atoms with Crippen LogP contribution < -0.4 is 10.2 Å². The Morgan fingerprint density at radius 1 is 1.44 bits per heavy atom. The molecular weight excluding hydrogens is 296 g/mol. The Morgan fingerprint density at radius 2 is 2.22 bits per heavy atom. The van der Waals surface area contributed by atoms with Crippen LogP contribution in [0.25, 0.3) is 0 Å². The second kappa shape index (κ2) is 5.65. The molecule has 0 atom stereocenters. The molecule has 1 N–H and O–H groups in total. The third-order valence-electron chi connectivity index (χ3n) is 2.80. The zero-order chi connectivity index (χ0) is 13.1. The van der Waals surface area contributed by atoms with E-state index in [1.54, 1.807) is 0 Å². The lowest BCUT2D eigenvalue weighted by atomic mass is 10.2. The number of aromatic nitrogens is 2. The lowest BCUT2D eigenvalue weighted by Gasteiger charge is -2.21. The SMILES string of the molecule is CC(C)c1nc(Br)cc(N2CCCNC(=O)C2)n1. The van der Waals surface area contributed by atoms with Gasteiger partial charge in [0.1, 0.15) is 16.2 Å². The van der Waals surface area contributed by atoms with E-state index in [-0.39, 0.29) is 11.8 Å². The first-order valence-electron chi connectivity index (χ1n) is 6.12. The topological polar surface area (TPSA) is 58.1 Å². The molecule has 0 bridgehead atoms. The molecule has 1 aliphatic rings. The third-order valence-corrected chi connectivity index (χ3v) is 3.21. The summed E-state index contributed by atoms with van der Waals surface area (Å²) in [5.41, 5.74) is 0. The van der Waals surface area contributed by atoms with Crippen LogP contribution >= 0.6 is 15.9 Å². The molecule has 1 aromatic rings. The van der Waals surface area contributed by atoms with Gasteiger partial charge >= 0.3 is 0 Å². The van der Waals surface area contributed by atoms with Gasteiger partial charge < -0.3 is 10.2 Å². The Hall–Kier alpha value is -1.17. The average molecular weight is 313 g/mol. The van der Waals surface area contributed by atoms with E-state index >= 15 is 0 Å². The summed E-state index contributed by atoms with van der Waals surface area (Å²) in [4.78, 5) is 22.4. The van der Waals surface area contributed by atoms with Crippen molar-refractivity contribution in [1.82, 2.24) is 15.3 Å². The molecule has 98 valence electrons. The first kappa shape index (κ1) is 13.3. The summed E-state index contributed by atoms with van der Waals surface area (Å²) in [6.45, 7) is 6.04. The molecule has 2 rings (SSSR count). The molecule has 0 aromatic carbocycles. The van der Waals surface area contributed by atoms with Crippen molar-refractivity contribution in [3.05, 3.63) is 16.5 Å². The fourth-order valence-electron chi connectivity index (χ4n) is 1.84. The normalized spacial score (nSPS) is 16.7. The molecule has 0 spiro atoms. The maximum atomic E-state index is 11.6. The number of amides is 1. The molecule has 0 saturated carbocycles. The second-order valence-electron chi connectivity index (χ2n) is 4.69. The Labute approximate surface area is 115 Å². The van der Waals surface area contributed by atoms with Gasteiger partial charge in [0.25, 0.3) is 0 Å². The standard InChI is InChI=1S/C12H17BrN4O/c1-8(2)12-15-9(13)6-10(16-12)17-5-3-4-14-11(18)7-17/h6,8H,3-5,7H2,1-2H3,(H,14,18). The van der Waals surface area contributed by atoms with Crippen LogP contribution in [0.2, 0.25) is 0 Å². The molecule has 0 radical (unpaired) electrons. The van der Waals surface area contributed by atoms with Gasteiger partial charge in [-0.1, -0.05) is 13.8 Å². The van der Waals surface area contributed by atoms with E-state index in [0.717, 1.165) is 35.8 Å². The van der Waals surface area contributed by atoms with Gasteiger partial charge in [0.2, 0.25) is 5.91 Å². The molecule has 1 amide bonds. The number of hydrogen-bond donors (Lipinski definition) is 1. The second-order valence-corrected chi connectivity index (χ2v) is 5.50. The minimum absolute atomic E-state index is 0.0494. The highest BCUT2D eigenvalue weighted by atomic mass is 79.9. The van der Waals surface area contributed by atoms with Crippen LogP contribution in [0, 0.1) is 0 Å². The average Bonchev–Trinajstić information content (AvgIpc) is 2.53. The Morgan fingerprint density at radius 3 is 2.94 bits per heavy atom. The summed E-state index contributed by atoms with van der Waals surface area (Å²) in [6.07, 6.45) is 0.935. The monoisotopic (exact) mass is 312 g/mol. The van der Waals surface area contributed by atoms with Crippen LogP contribution in [0.3, 0.4) is 0 Å². The highest BCUT2D eigenvalue weighted by molar-refractivity contribution is 9.10. The third kappa shape index (κ3) is 3.19.